The highest BCUT2D eigenvalue weighted by molar-refractivity contribution is 6.31. The van der Waals surface area contributed by atoms with Crippen LogP contribution in [-0.4, -0.2) is 43.1 Å². The highest BCUT2D eigenvalue weighted by atomic mass is 35.5. The van der Waals surface area contributed by atoms with Crippen LogP contribution in [0.1, 0.15) is 40.4 Å². The third-order valence-corrected chi connectivity index (χ3v) is 6.55. The second-order valence-corrected chi connectivity index (χ2v) is 9.54. The lowest BCUT2D eigenvalue weighted by Gasteiger charge is -2.27. The van der Waals surface area contributed by atoms with E-state index in [-0.39, 0.29) is 18.1 Å². The Hall–Kier alpha value is -4.16. The van der Waals surface area contributed by atoms with Gasteiger partial charge >= 0.3 is 0 Å². The minimum Gasteiger partial charge on any atom is -0.495 e. The standard InChI is InChI=1S/C32H33ClN2O4/c1-5-30(37)26-16-13-24(33)20-28(26)27(17-18-36)31(39-4)21-35(3)29(19-23-9-7-6-8-10-23)32(38)34-25-14-11-22(2)12-15-25/h6-18,20-21,29H,5,19H2,1-4H3,(H,34,38)/b27-17-,31-21+. The summed E-state index contributed by atoms with van der Waals surface area (Å²) in [5.41, 5.74) is 4.06. The van der Waals surface area contributed by atoms with Crippen LogP contribution < -0.4 is 5.32 Å². The molecule has 7 heteroatoms. The smallest absolute Gasteiger partial charge is 0.247 e. The highest BCUT2D eigenvalue weighted by Crippen LogP contribution is 2.30. The lowest BCUT2D eigenvalue weighted by Crippen LogP contribution is -2.41. The minimum absolute atomic E-state index is 0.0956. The molecule has 1 amide bonds. The number of ketones is 1. The number of aldehydes is 1. The predicted molar refractivity (Wildman–Crippen MR) is 157 cm³/mol. The van der Waals surface area contributed by atoms with Crippen molar-refractivity contribution in [2.75, 3.05) is 19.5 Å². The van der Waals surface area contributed by atoms with E-state index in [1.807, 2.05) is 61.5 Å². The number of rotatable bonds is 12. The number of carbonyl (C=O) groups is 3. The maximum absolute atomic E-state index is 13.5. The van der Waals surface area contributed by atoms with Crippen molar-refractivity contribution in [3.05, 3.63) is 118 Å². The van der Waals surface area contributed by atoms with E-state index in [9.17, 15) is 14.4 Å². The van der Waals surface area contributed by atoms with Gasteiger partial charge < -0.3 is 15.0 Å². The molecule has 3 rings (SSSR count). The Kier molecular flexibility index (Phi) is 10.6. The van der Waals surface area contributed by atoms with Gasteiger partial charge in [0.05, 0.1) is 7.11 Å². The van der Waals surface area contributed by atoms with E-state index < -0.39 is 6.04 Å². The molecule has 6 nitrogen and oxygen atoms in total. The molecule has 3 aromatic carbocycles. The summed E-state index contributed by atoms with van der Waals surface area (Å²) in [6.07, 6.45) is 4.34. The van der Waals surface area contributed by atoms with E-state index in [2.05, 4.69) is 5.32 Å². The first kappa shape index (κ1) is 29.4. The molecule has 0 spiro atoms. The zero-order valence-electron chi connectivity index (χ0n) is 22.6. The number of hydrogen-bond acceptors (Lipinski definition) is 5. The van der Waals surface area contributed by atoms with Gasteiger partial charge in [-0.1, -0.05) is 66.6 Å². The Morgan fingerprint density at radius 3 is 2.33 bits per heavy atom. The minimum atomic E-state index is -0.618. The molecule has 0 aliphatic heterocycles. The van der Waals surface area contributed by atoms with Crippen molar-refractivity contribution in [3.63, 3.8) is 0 Å². The number of Topliss-reactive ketones (excluding diaryl/α,β-unsaturated/α-hetero) is 1. The van der Waals surface area contributed by atoms with Gasteiger partial charge in [0.25, 0.3) is 0 Å². The van der Waals surface area contributed by atoms with E-state index in [4.69, 9.17) is 16.3 Å². The van der Waals surface area contributed by atoms with Crippen LogP contribution in [0.4, 0.5) is 5.69 Å². The average molecular weight is 545 g/mol. The molecule has 0 bridgehead atoms. The molecular formula is C32H33ClN2O4. The van der Waals surface area contributed by atoms with Gasteiger partial charge in [-0.25, -0.2) is 0 Å². The van der Waals surface area contributed by atoms with Crippen molar-refractivity contribution in [2.45, 2.75) is 32.7 Å². The molecule has 0 heterocycles. The lowest BCUT2D eigenvalue weighted by atomic mass is 9.94. The van der Waals surface area contributed by atoms with Crippen molar-refractivity contribution in [3.8, 4) is 0 Å². The summed E-state index contributed by atoms with van der Waals surface area (Å²) in [6.45, 7) is 3.75. The molecule has 39 heavy (non-hydrogen) atoms. The Bertz CT molecular complexity index is 1360. The summed E-state index contributed by atoms with van der Waals surface area (Å²) in [7, 11) is 3.25. The average Bonchev–Trinajstić information content (AvgIpc) is 2.94. The second kappa shape index (κ2) is 14.1. The molecule has 1 N–H and O–H groups in total. The van der Waals surface area contributed by atoms with Gasteiger partial charge in [0.15, 0.2) is 5.78 Å². The lowest BCUT2D eigenvalue weighted by molar-refractivity contribution is -0.120. The fraction of sp³-hybridized carbons (Fsp3) is 0.219. The molecule has 1 unspecified atom stereocenters. The van der Waals surface area contributed by atoms with Crippen molar-refractivity contribution < 1.29 is 19.1 Å². The van der Waals surface area contributed by atoms with E-state index in [1.165, 1.54) is 13.2 Å². The van der Waals surface area contributed by atoms with E-state index in [0.29, 0.717) is 45.9 Å². The largest absolute Gasteiger partial charge is 0.495 e. The van der Waals surface area contributed by atoms with Crippen LogP contribution in [0.3, 0.4) is 0 Å². The number of aryl methyl sites for hydroxylation is 1. The van der Waals surface area contributed by atoms with Crippen LogP contribution >= 0.6 is 11.6 Å². The number of carbonyl (C=O) groups excluding carboxylic acids is 3. The number of nitrogens with one attached hydrogen (secondary N) is 1. The zero-order chi connectivity index (χ0) is 28.4. The first-order valence-corrected chi connectivity index (χ1v) is 13.0. The fourth-order valence-electron chi connectivity index (χ4n) is 4.17. The maximum Gasteiger partial charge on any atom is 0.247 e. The van der Waals surface area contributed by atoms with Gasteiger partial charge in [0, 0.05) is 47.9 Å². The van der Waals surface area contributed by atoms with Crippen molar-refractivity contribution in [1.82, 2.24) is 4.90 Å². The number of amides is 1. The van der Waals surface area contributed by atoms with Crippen LogP contribution in [0.2, 0.25) is 5.02 Å². The number of hydrogen-bond donors (Lipinski definition) is 1. The molecular weight excluding hydrogens is 512 g/mol. The summed E-state index contributed by atoms with van der Waals surface area (Å²) in [5, 5.41) is 3.42. The molecule has 0 aromatic heterocycles. The molecule has 0 saturated heterocycles. The molecule has 1 atom stereocenters. The van der Waals surface area contributed by atoms with Gasteiger partial charge in [0.2, 0.25) is 5.91 Å². The number of methoxy groups -OCH3 is 1. The van der Waals surface area contributed by atoms with E-state index in [0.717, 1.165) is 11.1 Å². The predicted octanol–water partition coefficient (Wildman–Crippen LogP) is 6.49. The fourth-order valence-corrected chi connectivity index (χ4v) is 4.35. The Morgan fingerprint density at radius 2 is 1.72 bits per heavy atom. The molecule has 0 fully saturated rings. The first-order valence-electron chi connectivity index (χ1n) is 12.7. The highest BCUT2D eigenvalue weighted by Gasteiger charge is 2.25. The van der Waals surface area contributed by atoms with Gasteiger partial charge in [-0.05, 0) is 54.5 Å². The van der Waals surface area contributed by atoms with Crippen molar-refractivity contribution in [2.24, 2.45) is 0 Å². The number of halogens is 1. The SMILES string of the molecule is CCC(=O)c1ccc(Cl)cc1C(=C/C=O)/C(=C\N(C)C(Cc1ccccc1)C(=O)Nc1ccc(C)cc1)OC. The van der Waals surface area contributed by atoms with E-state index in [1.54, 1.807) is 43.3 Å². The summed E-state index contributed by atoms with van der Waals surface area (Å²) in [4.78, 5) is 39.7. The monoisotopic (exact) mass is 544 g/mol. The third kappa shape index (κ3) is 7.91. The number of allylic oxidation sites excluding steroid dienone is 2. The topological polar surface area (TPSA) is 75.7 Å². The van der Waals surface area contributed by atoms with Gasteiger partial charge in [-0.15, -0.1) is 0 Å². The number of benzene rings is 3. The summed E-state index contributed by atoms with van der Waals surface area (Å²) in [6, 6.07) is 21.6. The quantitative estimate of drug-likeness (QED) is 0.0926. The number of anilines is 1. The Morgan fingerprint density at radius 1 is 1.03 bits per heavy atom. The van der Waals surface area contributed by atoms with Crippen LogP contribution in [-0.2, 0) is 20.7 Å². The molecule has 0 radical (unpaired) electrons. The van der Waals surface area contributed by atoms with Crippen LogP contribution in [0.25, 0.3) is 5.57 Å². The normalized spacial score (nSPS) is 12.4. The molecule has 3 aromatic rings. The molecule has 202 valence electrons. The Labute approximate surface area is 234 Å². The van der Waals surface area contributed by atoms with Crippen LogP contribution in [0.5, 0.6) is 0 Å². The van der Waals surface area contributed by atoms with Crippen molar-refractivity contribution in [1.29, 1.82) is 0 Å². The zero-order valence-corrected chi connectivity index (χ0v) is 23.4. The first-order chi connectivity index (χ1) is 18.8. The summed E-state index contributed by atoms with van der Waals surface area (Å²) < 4.78 is 5.72. The van der Waals surface area contributed by atoms with E-state index >= 15 is 0 Å². The molecule has 0 aliphatic rings. The van der Waals surface area contributed by atoms with Crippen LogP contribution in [0, 0.1) is 6.92 Å². The van der Waals surface area contributed by atoms with Gasteiger partial charge in [-0.2, -0.15) is 0 Å². The summed E-state index contributed by atoms with van der Waals surface area (Å²) >= 11 is 6.28. The third-order valence-electron chi connectivity index (χ3n) is 6.32. The second-order valence-electron chi connectivity index (χ2n) is 9.11. The summed E-state index contributed by atoms with van der Waals surface area (Å²) in [5.74, 6) is 0.00218. The number of likely N-dealkylation sites (N-methyl/N-ethyl adjacent to an activating group) is 1. The molecule has 0 saturated carbocycles. The van der Waals surface area contributed by atoms with Crippen molar-refractivity contribution >= 4 is 40.8 Å². The van der Waals surface area contributed by atoms with Gasteiger partial charge in [0.1, 0.15) is 18.1 Å². The van der Waals surface area contributed by atoms with Crippen LogP contribution in [0.15, 0.2) is 90.8 Å². The number of nitrogens with zero attached hydrogens (tertiary/aromatic N) is 1. The number of ether oxygens (including phenoxy) is 1. The molecule has 0 aliphatic carbocycles. The Balaban J connectivity index is 2.03. The maximum atomic E-state index is 13.5. The van der Waals surface area contributed by atoms with Gasteiger partial charge in [-0.3, -0.25) is 14.4 Å².